The van der Waals surface area contributed by atoms with Gasteiger partial charge in [-0.05, 0) is 43.3 Å². The average Bonchev–Trinajstić information content (AvgIpc) is 3.12. The zero-order valence-electron chi connectivity index (χ0n) is 15.1. The summed E-state index contributed by atoms with van der Waals surface area (Å²) in [6.07, 6.45) is 1.07. The minimum Gasteiger partial charge on any atom is -0.497 e. The van der Waals surface area contributed by atoms with Gasteiger partial charge in [0.05, 0.1) is 25.0 Å². The maximum atomic E-state index is 12.7. The van der Waals surface area contributed by atoms with Crippen LogP contribution in [0.2, 0.25) is 0 Å². The minimum absolute atomic E-state index is 0.107. The topological polar surface area (TPSA) is 73.1 Å². The van der Waals surface area contributed by atoms with Crippen LogP contribution in [-0.2, 0) is 26.7 Å². The van der Waals surface area contributed by atoms with Crippen molar-refractivity contribution in [3.8, 4) is 5.75 Å². The largest absolute Gasteiger partial charge is 0.497 e. The van der Waals surface area contributed by atoms with Crippen LogP contribution in [-0.4, -0.2) is 33.9 Å². The minimum atomic E-state index is -0.107. The van der Waals surface area contributed by atoms with Crippen molar-refractivity contribution in [1.82, 2.24) is 25.0 Å². The van der Waals surface area contributed by atoms with E-state index < -0.39 is 0 Å². The Morgan fingerprint density at radius 2 is 2.23 bits per heavy atom. The van der Waals surface area contributed by atoms with Crippen molar-refractivity contribution in [1.29, 1.82) is 0 Å². The van der Waals surface area contributed by atoms with Crippen molar-refractivity contribution in [3.63, 3.8) is 0 Å². The van der Waals surface area contributed by atoms with E-state index in [1.165, 1.54) is 5.69 Å². The molecule has 26 heavy (non-hydrogen) atoms. The monoisotopic (exact) mass is 353 g/mol. The highest BCUT2D eigenvalue weighted by Gasteiger charge is 2.15. The van der Waals surface area contributed by atoms with Crippen LogP contribution in [0.5, 0.6) is 5.75 Å². The van der Waals surface area contributed by atoms with E-state index in [1.54, 1.807) is 7.11 Å². The van der Waals surface area contributed by atoms with Gasteiger partial charge in [0, 0.05) is 31.0 Å². The fraction of sp³-hybridized carbons (Fsp3) is 0.368. The molecule has 0 fully saturated rings. The molecule has 3 heterocycles. The Balaban J connectivity index is 1.50. The zero-order chi connectivity index (χ0) is 18.1. The lowest BCUT2D eigenvalue weighted by molar-refractivity contribution is 0.0942. The number of carbonyl (C=O) groups is 1. The molecule has 2 aromatic heterocycles. The smallest absolute Gasteiger partial charge is 0.268 e. The molecule has 1 amide bonds. The van der Waals surface area contributed by atoms with E-state index in [0.717, 1.165) is 48.4 Å². The Hall–Kier alpha value is -2.80. The molecule has 0 unspecified atom stereocenters. The molecule has 0 bridgehead atoms. The highest BCUT2D eigenvalue weighted by Crippen LogP contribution is 2.23. The van der Waals surface area contributed by atoms with Gasteiger partial charge in [0.25, 0.3) is 5.91 Å². The molecule has 136 valence electrons. The molecule has 0 atom stereocenters. The summed E-state index contributed by atoms with van der Waals surface area (Å²) in [7, 11) is 3.54. The van der Waals surface area contributed by atoms with E-state index in [0.29, 0.717) is 12.2 Å². The third-order valence-corrected chi connectivity index (χ3v) is 4.86. The third kappa shape index (κ3) is 3.06. The van der Waals surface area contributed by atoms with Gasteiger partial charge in [-0.25, -0.2) is 0 Å². The summed E-state index contributed by atoms with van der Waals surface area (Å²) in [4.78, 5) is 12.7. The number of ether oxygens (including phenoxy) is 1. The quantitative estimate of drug-likeness (QED) is 0.750. The van der Waals surface area contributed by atoms with Crippen LogP contribution in [0.3, 0.4) is 0 Å². The van der Waals surface area contributed by atoms with Crippen LogP contribution in [0.15, 0.2) is 30.3 Å². The summed E-state index contributed by atoms with van der Waals surface area (Å²) in [5, 5.41) is 11.9. The van der Waals surface area contributed by atoms with Gasteiger partial charge < -0.3 is 19.9 Å². The van der Waals surface area contributed by atoms with Crippen molar-refractivity contribution < 1.29 is 9.53 Å². The second-order valence-corrected chi connectivity index (χ2v) is 6.58. The second kappa shape index (κ2) is 6.84. The number of carbonyl (C=O) groups excluding carboxylic acids is 1. The van der Waals surface area contributed by atoms with Crippen LogP contribution < -0.4 is 15.4 Å². The average molecular weight is 353 g/mol. The number of aryl methyl sites for hydroxylation is 2. The highest BCUT2D eigenvalue weighted by atomic mass is 16.5. The van der Waals surface area contributed by atoms with Crippen molar-refractivity contribution in [2.24, 2.45) is 7.05 Å². The van der Waals surface area contributed by atoms with Crippen LogP contribution >= 0.6 is 0 Å². The maximum Gasteiger partial charge on any atom is 0.268 e. The predicted octanol–water partition coefficient (Wildman–Crippen LogP) is 1.81. The molecule has 7 nitrogen and oxygen atoms in total. The molecule has 0 aliphatic carbocycles. The molecule has 0 radical (unpaired) electrons. The molecule has 0 saturated carbocycles. The molecular formula is C19H23N5O2. The maximum absolute atomic E-state index is 12.7. The lowest BCUT2D eigenvalue weighted by atomic mass is 10.2. The Bertz CT molecular complexity index is 933. The number of hydrogen-bond acceptors (Lipinski definition) is 4. The highest BCUT2D eigenvalue weighted by molar-refractivity contribution is 5.98. The van der Waals surface area contributed by atoms with Gasteiger partial charge in [-0.2, -0.15) is 5.10 Å². The summed E-state index contributed by atoms with van der Waals surface area (Å²) >= 11 is 0. The number of nitrogens with zero attached hydrogens (tertiary/aromatic N) is 3. The van der Waals surface area contributed by atoms with Crippen LogP contribution in [0.25, 0.3) is 10.9 Å². The number of benzene rings is 1. The molecule has 1 aliphatic rings. The first kappa shape index (κ1) is 16.7. The molecule has 2 N–H and O–H groups in total. The number of nitrogens with one attached hydrogen (secondary N) is 2. The summed E-state index contributed by atoms with van der Waals surface area (Å²) in [6, 6.07) is 9.75. The first-order valence-electron chi connectivity index (χ1n) is 8.83. The lowest BCUT2D eigenvalue weighted by Gasteiger charge is -2.05. The Morgan fingerprint density at radius 1 is 1.35 bits per heavy atom. The molecule has 1 aromatic carbocycles. The molecule has 3 aromatic rings. The van der Waals surface area contributed by atoms with E-state index in [9.17, 15) is 4.79 Å². The number of amides is 1. The Labute approximate surface area is 151 Å². The second-order valence-electron chi connectivity index (χ2n) is 6.58. The fourth-order valence-electron chi connectivity index (χ4n) is 3.44. The molecule has 4 rings (SSSR count). The first-order valence-corrected chi connectivity index (χ1v) is 8.83. The number of fused-ring (bicyclic) bond motifs is 2. The molecular weight excluding hydrogens is 330 g/mol. The van der Waals surface area contributed by atoms with Crippen LogP contribution in [0.1, 0.15) is 28.3 Å². The standard InChI is InChI=1S/C19H23N5O2/c1-23-17-5-4-16(26-2)8-13(17)9-18(23)19(25)21-11-14-10-15-12-20-6-3-7-24(15)22-14/h4-5,8-10,20H,3,6-7,11-12H2,1-2H3,(H,21,25). The zero-order valence-corrected chi connectivity index (χ0v) is 15.1. The normalized spacial score (nSPS) is 14.1. The van der Waals surface area contributed by atoms with Gasteiger partial charge in [0.1, 0.15) is 11.4 Å². The van der Waals surface area contributed by atoms with Gasteiger partial charge in [0.15, 0.2) is 0 Å². The molecule has 0 saturated heterocycles. The number of aromatic nitrogens is 3. The fourth-order valence-corrected chi connectivity index (χ4v) is 3.44. The predicted molar refractivity (Wildman–Crippen MR) is 99.2 cm³/mol. The van der Waals surface area contributed by atoms with Gasteiger partial charge >= 0.3 is 0 Å². The Morgan fingerprint density at radius 3 is 3.08 bits per heavy atom. The van der Waals surface area contributed by atoms with Crippen molar-refractivity contribution in [2.75, 3.05) is 13.7 Å². The summed E-state index contributed by atoms with van der Waals surface area (Å²) in [5.41, 5.74) is 3.67. The van der Waals surface area contributed by atoms with E-state index in [4.69, 9.17) is 4.74 Å². The van der Waals surface area contributed by atoms with Gasteiger partial charge in [-0.3, -0.25) is 9.48 Å². The number of methoxy groups -OCH3 is 1. The summed E-state index contributed by atoms with van der Waals surface area (Å²) < 4.78 is 9.19. The summed E-state index contributed by atoms with van der Waals surface area (Å²) in [5.74, 6) is 0.673. The molecule has 0 spiro atoms. The van der Waals surface area contributed by atoms with Gasteiger partial charge in [-0.1, -0.05) is 0 Å². The summed E-state index contributed by atoms with van der Waals surface area (Å²) in [6.45, 7) is 3.18. The van der Waals surface area contributed by atoms with Crippen molar-refractivity contribution in [3.05, 3.63) is 47.4 Å². The van der Waals surface area contributed by atoms with Crippen LogP contribution in [0, 0.1) is 0 Å². The number of rotatable bonds is 4. The van der Waals surface area contributed by atoms with Crippen molar-refractivity contribution in [2.45, 2.75) is 26.1 Å². The van der Waals surface area contributed by atoms with E-state index >= 15 is 0 Å². The Kier molecular flexibility index (Phi) is 4.38. The number of hydrogen-bond donors (Lipinski definition) is 2. The lowest BCUT2D eigenvalue weighted by Crippen LogP contribution is -2.25. The molecule has 7 heteroatoms. The van der Waals surface area contributed by atoms with Crippen LogP contribution in [0.4, 0.5) is 0 Å². The van der Waals surface area contributed by atoms with E-state index in [2.05, 4.69) is 21.8 Å². The van der Waals surface area contributed by atoms with Crippen molar-refractivity contribution >= 4 is 16.8 Å². The van der Waals surface area contributed by atoms with E-state index in [-0.39, 0.29) is 5.91 Å². The van der Waals surface area contributed by atoms with E-state index in [1.807, 2.05) is 40.6 Å². The molecule has 1 aliphatic heterocycles. The first-order chi connectivity index (χ1) is 12.7. The van der Waals surface area contributed by atoms with Gasteiger partial charge in [0.2, 0.25) is 0 Å². The third-order valence-electron chi connectivity index (χ3n) is 4.86. The SMILES string of the molecule is COc1ccc2c(c1)cc(C(=O)NCc1cc3n(n1)CCCNC3)n2C. The van der Waals surface area contributed by atoms with Gasteiger partial charge in [-0.15, -0.1) is 0 Å².